The lowest BCUT2D eigenvalue weighted by Crippen LogP contribution is -2.22. The van der Waals surface area contributed by atoms with Crippen LogP contribution in [0.15, 0.2) is 44.6 Å². The molecule has 152 valence electrons. The molecule has 0 aliphatic rings. The minimum atomic E-state index is -0.971. The van der Waals surface area contributed by atoms with Crippen molar-refractivity contribution in [3.63, 3.8) is 0 Å². The summed E-state index contributed by atoms with van der Waals surface area (Å²) in [5.74, 6) is -1.94. The summed E-state index contributed by atoms with van der Waals surface area (Å²) in [4.78, 5) is 35.2. The average molecular weight is 441 g/mol. The molecule has 3 rings (SSSR count). The lowest BCUT2D eigenvalue weighted by atomic mass is 10.3. The second-order valence-corrected chi connectivity index (χ2v) is 6.52. The molecule has 0 saturated heterocycles. The van der Waals surface area contributed by atoms with Gasteiger partial charge in [-0.1, -0.05) is 23.2 Å². The van der Waals surface area contributed by atoms with Crippen LogP contribution in [-0.4, -0.2) is 33.9 Å². The molecule has 0 bridgehead atoms. The van der Waals surface area contributed by atoms with E-state index in [0.717, 1.165) is 4.57 Å². The Balaban J connectivity index is 1.98. The number of nitrogens with two attached hydrogens (primary N) is 1. The molecule has 0 fully saturated rings. The fourth-order valence-electron chi connectivity index (χ4n) is 2.46. The predicted octanol–water partition coefficient (Wildman–Crippen LogP) is 1.83. The quantitative estimate of drug-likeness (QED) is 0.592. The van der Waals surface area contributed by atoms with E-state index >= 15 is 0 Å². The Morgan fingerprint density at radius 3 is 2.55 bits per heavy atom. The molecule has 3 aromatic rings. The van der Waals surface area contributed by atoms with Crippen LogP contribution in [-0.2, 0) is 11.3 Å². The number of ether oxygens (including phenoxy) is 2. The third-order valence-corrected chi connectivity index (χ3v) is 4.34. The molecule has 12 heteroatoms. The molecule has 10 nitrogen and oxygen atoms in total. The molecule has 1 amide bonds. The van der Waals surface area contributed by atoms with Gasteiger partial charge < -0.3 is 19.8 Å². The lowest BCUT2D eigenvalue weighted by molar-refractivity contribution is 0.0985. The number of halogens is 2. The Morgan fingerprint density at radius 1 is 1.24 bits per heavy atom. The summed E-state index contributed by atoms with van der Waals surface area (Å²) in [6, 6.07) is 5.45. The van der Waals surface area contributed by atoms with E-state index in [1.807, 2.05) is 0 Å². The third kappa shape index (κ3) is 4.34. The van der Waals surface area contributed by atoms with Gasteiger partial charge in [0, 0.05) is 25.9 Å². The number of pyridine rings is 1. The Bertz CT molecular complexity index is 1160. The highest BCUT2D eigenvalue weighted by Gasteiger charge is 2.20. The molecule has 0 spiro atoms. The standard InChI is InChI=1S/C17H14Cl2N4O6/c1-27-5-4-22-8-10(2-3-13(22)24)28-14-11(18)6-9(7-12(14)19)23-16(15(20)25)21-29-17(23)26/h2-3,6-8H,4-5H2,1H3,(H2,20,25). The molecule has 2 heterocycles. The van der Waals surface area contributed by atoms with Crippen molar-refractivity contribution < 1.29 is 18.8 Å². The van der Waals surface area contributed by atoms with Gasteiger partial charge in [-0.2, -0.15) is 0 Å². The maximum atomic E-state index is 11.9. The highest BCUT2D eigenvalue weighted by molar-refractivity contribution is 6.37. The second-order valence-electron chi connectivity index (χ2n) is 5.70. The maximum absolute atomic E-state index is 11.9. The van der Waals surface area contributed by atoms with E-state index in [0.29, 0.717) is 18.9 Å². The number of carbonyl (C=O) groups is 1. The zero-order valence-electron chi connectivity index (χ0n) is 14.9. The number of primary amides is 1. The number of benzene rings is 1. The number of carbonyl (C=O) groups excluding carboxylic acids is 1. The summed E-state index contributed by atoms with van der Waals surface area (Å²) in [6.45, 7) is 0.675. The maximum Gasteiger partial charge on any atom is 0.446 e. The van der Waals surface area contributed by atoms with E-state index in [1.54, 1.807) is 0 Å². The lowest BCUT2D eigenvalue weighted by Gasteiger charge is -2.13. The van der Waals surface area contributed by atoms with Crippen molar-refractivity contribution in [1.82, 2.24) is 14.3 Å². The number of amides is 1. The first-order chi connectivity index (χ1) is 13.8. The van der Waals surface area contributed by atoms with E-state index in [-0.39, 0.29) is 27.0 Å². The first kappa shape index (κ1) is 20.6. The SMILES string of the molecule is COCCn1cc(Oc2c(Cl)cc(-n3c(C(N)=O)noc3=O)cc2Cl)ccc1=O. The highest BCUT2D eigenvalue weighted by Crippen LogP contribution is 2.38. The van der Waals surface area contributed by atoms with Crippen molar-refractivity contribution in [2.24, 2.45) is 5.73 Å². The van der Waals surface area contributed by atoms with Crippen LogP contribution in [0.4, 0.5) is 0 Å². The molecule has 0 aliphatic carbocycles. The minimum Gasteiger partial charge on any atom is -0.453 e. The summed E-state index contributed by atoms with van der Waals surface area (Å²) in [6.07, 6.45) is 1.48. The molecule has 0 saturated carbocycles. The van der Waals surface area contributed by atoms with Crippen molar-refractivity contribution in [2.45, 2.75) is 6.54 Å². The van der Waals surface area contributed by atoms with Crippen molar-refractivity contribution >= 4 is 29.1 Å². The first-order valence-corrected chi connectivity index (χ1v) is 8.82. The number of aromatic nitrogens is 3. The van der Waals surface area contributed by atoms with E-state index in [1.165, 1.54) is 42.1 Å². The number of methoxy groups -OCH3 is 1. The number of hydrogen-bond acceptors (Lipinski definition) is 7. The molecule has 0 aliphatic heterocycles. The number of rotatable bonds is 7. The summed E-state index contributed by atoms with van der Waals surface area (Å²) >= 11 is 12.5. The van der Waals surface area contributed by atoms with Crippen LogP contribution in [0.1, 0.15) is 10.6 Å². The first-order valence-electron chi connectivity index (χ1n) is 8.07. The van der Waals surface area contributed by atoms with Crippen LogP contribution < -0.4 is 21.8 Å². The van der Waals surface area contributed by atoms with Crippen LogP contribution in [0.3, 0.4) is 0 Å². The van der Waals surface area contributed by atoms with Gasteiger partial charge in [0.15, 0.2) is 5.75 Å². The van der Waals surface area contributed by atoms with Gasteiger partial charge >= 0.3 is 5.76 Å². The molecular weight excluding hydrogens is 427 g/mol. The Labute approximate surface area is 172 Å². The van der Waals surface area contributed by atoms with E-state index in [2.05, 4.69) is 9.68 Å². The predicted molar refractivity (Wildman–Crippen MR) is 103 cm³/mol. The molecular formula is C17H14Cl2N4O6. The molecule has 2 aromatic heterocycles. The molecule has 0 unspecified atom stereocenters. The van der Waals surface area contributed by atoms with E-state index < -0.39 is 17.5 Å². The summed E-state index contributed by atoms with van der Waals surface area (Å²) in [5, 5.41) is 3.39. The summed E-state index contributed by atoms with van der Waals surface area (Å²) in [5.41, 5.74) is 5.07. The van der Waals surface area contributed by atoms with Crippen molar-refractivity contribution in [1.29, 1.82) is 0 Å². The molecule has 2 N–H and O–H groups in total. The second kappa shape index (κ2) is 8.52. The van der Waals surface area contributed by atoms with Crippen LogP contribution in [0.5, 0.6) is 11.5 Å². The highest BCUT2D eigenvalue weighted by atomic mass is 35.5. The van der Waals surface area contributed by atoms with Gasteiger partial charge in [0.25, 0.3) is 11.5 Å². The normalized spacial score (nSPS) is 10.9. The molecule has 0 atom stereocenters. The fourth-order valence-corrected chi connectivity index (χ4v) is 3.01. The van der Waals surface area contributed by atoms with Gasteiger partial charge in [0.2, 0.25) is 5.82 Å². The van der Waals surface area contributed by atoms with Gasteiger partial charge in [0.05, 0.1) is 22.3 Å². The third-order valence-electron chi connectivity index (χ3n) is 3.78. The molecule has 0 radical (unpaired) electrons. The van der Waals surface area contributed by atoms with Crippen LogP contribution in [0.2, 0.25) is 10.0 Å². The van der Waals surface area contributed by atoms with Crippen LogP contribution in [0.25, 0.3) is 5.69 Å². The van der Waals surface area contributed by atoms with Gasteiger partial charge in [0.1, 0.15) is 5.75 Å². The summed E-state index contributed by atoms with van der Waals surface area (Å²) < 4.78 is 17.4. The largest absolute Gasteiger partial charge is 0.453 e. The van der Waals surface area contributed by atoms with Gasteiger partial charge in [-0.05, 0) is 23.4 Å². The fraction of sp³-hybridized carbons (Fsp3) is 0.176. The smallest absolute Gasteiger partial charge is 0.446 e. The van der Waals surface area contributed by atoms with E-state index in [9.17, 15) is 14.4 Å². The van der Waals surface area contributed by atoms with Gasteiger partial charge in [-0.3, -0.25) is 14.1 Å². The molecule has 29 heavy (non-hydrogen) atoms. The van der Waals surface area contributed by atoms with Crippen molar-refractivity contribution in [3.05, 3.63) is 67.2 Å². The van der Waals surface area contributed by atoms with Crippen molar-refractivity contribution in [2.75, 3.05) is 13.7 Å². The van der Waals surface area contributed by atoms with Gasteiger partial charge in [-0.15, -0.1) is 0 Å². The number of nitrogens with zero attached hydrogens (tertiary/aromatic N) is 3. The minimum absolute atomic E-state index is 0.0330. The van der Waals surface area contributed by atoms with Gasteiger partial charge in [-0.25, -0.2) is 9.36 Å². The zero-order valence-corrected chi connectivity index (χ0v) is 16.4. The average Bonchev–Trinajstić information content (AvgIpc) is 3.06. The topological polar surface area (TPSA) is 132 Å². The molecule has 1 aromatic carbocycles. The zero-order chi connectivity index (χ0) is 21.1. The van der Waals surface area contributed by atoms with Crippen LogP contribution in [0, 0.1) is 0 Å². The Kier molecular flexibility index (Phi) is 6.06. The van der Waals surface area contributed by atoms with Crippen molar-refractivity contribution in [3.8, 4) is 17.2 Å². The number of hydrogen-bond donors (Lipinski definition) is 1. The van der Waals surface area contributed by atoms with Crippen LogP contribution >= 0.6 is 23.2 Å². The van der Waals surface area contributed by atoms with E-state index in [4.69, 9.17) is 38.4 Å². The summed E-state index contributed by atoms with van der Waals surface area (Å²) in [7, 11) is 1.52. The Hall–Kier alpha value is -3.08. The monoisotopic (exact) mass is 440 g/mol. The Morgan fingerprint density at radius 2 is 1.93 bits per heavy atom.